The average Bonchev–Trinajstić information content (AvgIpc) is 2.98. The molecule has 0 saturated carbocycles. The van der Waals surface area contributed by atoms with Crippen LogP contribution in [0.3, 0.4) is 0 Å². The summed E-state index contributed by atoms with van der Waals surface area (Å²) in [6.45, 7) is 3.43. The van der Waals surface area contributed by atoms with Crippen LogP contribution >= 0.6 is 11.6 Å². The molecule has 1 fully saturated rings. The van der Waals surface area contributed by atoms with Crippen molar-refractivity contribution in [3.63, 3.8) is 0 Å². The molecule has 6 nitrogen and oxygen atoms in total. The Morgan fingerprint density at radius 1 is 1.21 bits per heavy atom. The van der Waals surface area contributed by atoms with Crippen molar-refractivity contribution in [2.75, 3.05) is 19.6 Å². The Morgan fingerprint density at radius 3 is 2.55 bits per heavy atom. The number of hydrogen-bond acceptors (Lipinski definition) is 3. The smallest absolute Gasteiger partial charge is 0.308 e. The molecule has 1 aliphatic carbocycles. The van der Waals surface area contributed by atoms with Gasteiger partial charge in [0.1, 0.15) is 0 Å². The van der Waals surface area contributed by atoms with E-state index < -0.39 is 11.9 Å². The second-order valence-electron chi connectivity index (χ2n) is 8.79. The normalized spacial score (nSPS) is 17.9. The fourth-order valence-electron chi connectivity index (χ4n) is 4.31. The number of amides is 2. The Bertz CT molecular complexity index is 957. The van der Waals surface area contributed by atoms with Gasteiger partial charge in [-0.15, -0.1) is 0 Å². The number of nitrogens with one attached hydrogen (secondary N) is 1. The molecule has 3 rings (SSSR count). The molecule has 0 radical (unpaired) electrons. The number of aliphatic carboxylic acids is 1. The van der Waals surface area contributed by atoms with E-state index in [1.807, 2.05) is 31.2 Å². The van der Waals surface area contributed by atoms with Crippen LogP contribution in [0.5, 0.6) is 0 Å². The van der Waals surface area contributed by atoms with Gasteiger partial charge in [0, 0.05) is 31.1 Å². The number of hydrogen-bond donors (Lipinski definition) is 2. The first-order valence-electron chi connectivity index (χ1n) is 11.4. The van der Waals surface area contributed by atoms with Crippen molar-refractivity contribution in [2.45, 2.75) is 39.0 Å². The van der Waals surface area contributed by atoms with Crippen molar-refractivity contribution >= 4 is 35.5 Å². The lowest BCUT2D eigenvalue weighted by atomic mass is 9.92. The van der Waals surface area contributed by atoms with Crippen molar-refractivity contribution in [3.05, 3.63) is 64.2 Å². The topological polar surface area (TPSA) is 86.7 Å². The molecule has 7 heteroatoms. The van der Waals surface area contributed by atoms with Gasteiger partial charge < -0.3 is 15.3 Å². The minimum atomic E-state index is -0.918. The van der Waals surface area contributed by atoms with E-state index in [9.17, 15) is 19.5 Å². The van der Waals surface area contributed by atoms with Crippen molar-refractivity contribution in [3.8, 4) is 0 Å². The Labute approximate surface area is 200 Å². The third-order valence-electron chi connectivity index (χ3n) is 6.39. The van der Waals surface area contributed by atoms with Gasteiger partial charge in [0.25, 0.3) is 0 Å². The minimum absolute atomic E-state index is 0.101. The number of carbonyl (C=O) groups is 3. The predicted molar refractivity (Wildman–Crippen MR) is 130 cm³/mol. The van der Waals surface area contributed by atoms with Crippen LogP contribution in [0.2, 0.25) is 5.02 Å². The van der Waals surface area contributed by atoms with E-state index in [0.717, 1.165) is 41.5 Å². The fraction of sp³-hybridized carbons (Fsp3) is 0.423. The summed E-state index contributed by atoms with van der Waals surface area (Å²) < 4.78 is 0. The molecule has 0 spiro atoms. The maximum Gasteiger partial charge on any atom is 0.308 e. The number of carboxylic acid groups (broad SMARTS) is 1. The van der Waals surface area contributed by atoms with Gasteiger partial charge in [-0.1, -0.05) is 42.0 Å². The van der Waals surface area contributed by atoms with Crippen molar-refractivity contribution in [2.24, 2.45) is 11.8 Å². The van der Waals surface area contributed by atoms with Crippen LogP contribution in [0, 0.1) is 11.8 Å². The molecule has 1 aromatic rings. The van der Waals surface area contributed by atoms with Gasteiger partial charge in [0.15, 0.2) is 0 Å². The van der Waals surface area contributed by atoms with E-state index in [4.69, 9.17) is 11.6 Å². The predicted octanol–water partition coefficient (Wildman–Crippen LogP) is 4.47. The Morgan fingerprint density at radius 2 is 1.91 bits per heavy atom. The van der Waals surface area contributed by atoms with Crippen LogP contribution < -0.4 is 5.32 Å². The van der Waals surface area contributed by atoms with Gasteiger partial charge >= 0.3 is 5.97 Å². The summed E-state index contributed by atoms with van der Waals surface area (Å²) in [6, 6.07) is 7.66. The van der Waals surface area contributed by atoms with Gasteiger partial charge in [-0.25, -0.2) is 0 Å². The molecule has 1 unspecified atom stereocenters. The summed E-state index contributed by atoms with van der Waals surface area (Å²) in [6.07, 6.45) is 10.1. The summed E-state index contributed by atoms with van der Waals surface area (Å²) >= 11 is 5.99. The molecular weight excluding hydrogens is 440 g/mol. The fourth-order valence-corrected chi connectivity index (χ4v) is 4.43. The standard InChI is InChI=1S/C26H31ClN2O4/c1-18-13-22(20-5-7-24(27)8-6-20)4-2-3-21(18)15-23(26(32)33)16-28-25(31)14-19-9-11-29(17-30)12-10-19/h3-8,13,17,19,23H,2,9-12,14-16H2,1H3,(H,28,31)(H,32,33). The van der Waals surface area contributed by atoms with Gasteiger partial charge in [0.2, 0.25) is 12.3 Å². The monoisotopic (exact) mass is 470 g/mol. The molecule has 0 bridgehead atoms. The van der Waals surface area contributed by atoms with E-state index in [1.54, 1.807) is 4.90 Å². The van der Waals surface area contributed by atoms with E-state index in [0.29, 0.717) is 37.4 Å². The molecule has 1 heterocycles. The number of nitrogens with zero attached hydrogens (tertiary/aromatic N) is 1. The molecule has 1 saturated heterocycles. The number of benzene rings is 1. The Hall–Kier alpha value is -2.86. The first-order chi connectivity index (χ1) is 15.9. The molecule has 1 aliphatic heterocycles. The molecule has 176 valence electrons. The highest BCUT2D eigenvalue weighted by molar-refractivity contribution is 6.30. The third-order valence-corrected chi connectivity index (χ3v) is 6.64. The SMILES string of the molecule is CC1=CC(c2ccc(Cl)cc2)=CCC=C1CC(CNC(=O)CC1CCN(C=O)CC1)C(=O)O. The zero-order chi connectivity index (χ0) is 23.8. The van der Waals surface area contributed by atoms with E-state index in [1.165, 1.54) is 0 Å². The minimum Gasteiger partial charge on any atom is -0.481 e. The molecule has 1 aromatic carbocycles. The van der Waals surface area contributed by atoms with Gasteiger partial charge in [0.05, 0.1) is 5.92 Å². The van der Waals surface area contributed by atoms with E-state index in [2.05, 4.69) is 23.5 Å². The van der Waals surface area contributed by atoms with Crippen molar-refractivity contribution in [1.29, 1.82) is 0 Å². The molecule has 1 atom stereocenters. The lowest BCUT2D eigenvalue weighted by Gasteiger charge is -2.28. The lowest BCUT2D eigenvalue weighted by Crippen LogP contribution is -2.37. The van der Waals surface area contributed by atoms with Gasteiger partial charge in [-0.05, 0) is 72.9 Å². The summed E-state index contributed by atoms with van der Waals surface area (Å²) in [4.78, 5) is 36.8. The largest absolute Gasteiger partial charge is 0.481 e. The van der Waals surface area contributed by atoms with Crippen molar-refractivity contribution in [1.82, 2.24) is 10.2 Å². The summed E-state index contributed by atoms with van der Waals surface area (Å²) in [5.41, 5.74) is 4.15. The number of piperidine rings is 1. The molecular formula is C26H31ClN2O4. The Balaban J connectivity index is 1.55. The second-order valence-corrected chi connectivity index (χ2v) is 9.23. The molecule has 33 heavy (non-hydrogen) atoms. The van der Waals surface area contributed by atoms with Gasteiger partial charge in [-0.2, -0.15) is 0 Å². The second kappa shape index (κ2) is 11.8. The molecule has 2 aliphatic rings. The summed E-state index contributed by atoms with van der Waals surface area (Å²) in [5, 5.41) is 13.3. The van der Waals surface area contributed by atoms with Crippen LogP contribution in [0.25, 0.3) is 5.57 Å². The van der Waals surface area contributed by atoms with E-state index in [-0.39, 0.29) is 18.4 Å². The van der Waals surface area contributed by atoms with Crippen LogP contribution in [0.1, 0.15) is 44.6 Å². The quantitative estimate of drug-likeness (QED) is 0.521. The molecule has 2 N–H and O–H groups in total. The maximum atomic E-state index is 12.4. The number of carbonyl (C=O) groups excluding carboxylic acids is 2. The van der Waals surface area contributed by atoms with E-state index >= 15 is 0 Å². The first kappa shape index (κ1) is 24.8. The molecule has 0 aromatic heterocycles. The molecule has 2 amide bonds. The number of rotatable bonds is 9. The number of halogens is 1. The number of carboxylic acids is 1. The zero-order valence-electron chi connectivity index (χ0n) is 18.9. The summed E-state index contributed by atoms with van der Waals surface area (Å²) in [7, 11) is 0. The first-order valence-corrected chi connectivity index (χ1v) is 11.8. The number of allylic oxidation sites excluding steroid dienone is 6. The van der Waals surface area contributed by atoms with Crippen LogP contribution in [0.15, 0.2) is 53.6 Å². The summed E-state index contributed by atoms with van der Waals surface area (Å²) in [5.74, 6) is -1.51. The van der Waals surface area contributed by atoms with Crippen LogP contribution in [-0.4, -0.2) is 47.9 Å². The van der Waals surface area contributed by atoms with Crippen LogP contribution in [0.4, 0.5) is 0 Å². The average molecular weight is 471 g/mol. The lowest BCUT2D eigenvalue weighted by molar-refractivity contribution is -0.141. The Kier molecular flexibility index (Phi) is 8.89. The highest BCUT2D eigenvalue weighted by Crippen LogP contribution is 2.29. The third kappa shape index (κ3) is 7.32. The number of likely N-dealkylation sites (tertiary alicyclic amines) is 1. The highest BCUT2D eigenvalue weighted by Gasteiger charge is 2.24. The highest BCUT2D eigenvalue weighted by atomic mass is 35.5. The maximum absolute atomic E-state index is 12.4. The van der Waals surface area contributed by atoms with Crippen molar-refractivity contribution < 1.29 is 19.5 Å². The van der Waals surface area contributed by atoms with Gasteiger partial charge in [-0.3, -0.25) is 14.4 Å². The van der Waals surface area contributed by atoms with Crippen LogP contribution in [-0.2, 0) is 14.4 Å². The zero-order valence-corrected chi connectivity index (χ0v) is 19.7.